The molecule has 2 fully saturated rings. The van der Waals surface area contributed by atoms with Gasteiger partial charge in [-0.1, -0.05) is 0 Å². The Balaban J connectivity index is 1.40. The summed E-state index contributed by atoms with van der Waals surface area (Å²) in [5, 5.41) is 8.47. The highest BCUT2D eigenvalue weighted by Crippen LogP contribution is 2.56. The molecule has 27 heavy (non-hydrogen) atoms. The molecule has 0 aromatic carbocycles. The predicted molar refractivity (Wildman–Crippen MR) is 90.2 cm³/mol. The summed E-state index contributed by atoms with van der Waals surface area (Å²) in [7, 11) is 0. The number of hydrogen-bond donors (Lipinski definition) is 1. The molecular formula is C17H16F2N6O2. The number of H-pyrrole nitrogens is 1. The van der Waals surface area contributed by atoms with Crippen LogP contribution in [0.4, 0.5) is 8.78 Å². The van der Waals surface area contributed by atoms with Crippen LogP contribution in [0.5, 0.6) is 0 Å². The Kier molecular flexibility index (Phi) is 3.00. The normalized spacial score (nSPS) is 19.9. The lowest BCUT2D eigenvalue weighted by molar-refractivity contribution is -0.203. The van der Waals surface area contributed by atoms with Crippen molar-refractivity contribution in [3.05, 3.63) is 46.1 Å². The van der Waals surface area contributed by atoms with Gasteiger partial charge in [-0.3, -0.25) is 14.6 Å². The monoisotopic (exact) mass is 374 g/mol. The van der Waals surface area contributed by atoms with Gasteiger partial charge in [0.05, 0.1) is 17.5 Å². The summed E-state index contributed by atoms with van der Waals surface area (Å²) in [6, 6.07) is 3.35. The number of halogens is 2. The molecule has 3 aromatic heterocycles. The van der Waals surface area contributed by atoms with E-state index in [4.69, 9.17) is 0 Å². The lowest BCUT2D eigenvalue weighted by atomic mass is 9.61. The van der Waals surface area contributed by atoms with Gasteiger partial charge >= 0.3 is 0 Å². The Bertz CT molecular complexity index is 1130. The van der Waals surface area contributed by atoms with Crippen LogP contribution in [0.1, 0.15) is 28.9 Å². The van der Waals surface area contributed by atoms with Crippen LogP contribution < -0.4 is 5.56 Å². The number of alkyl halides is 2. The maximum absolute atomic E-state index is 13.1. The zero-order valence-electron chi connectivity index (χ0n) is 14.4. The molecule has 5 rings (SSSR count). The summed E-state index contributed by atoms with van der Waals surface area (Å²) in [4.78, 5) is 29.0. The first-order chi connectivity index (χ1) is 12.8. The fourth-order valence-electron chi connectivity index (χ4n) is 4.21. The Morgan fingerprint density at radius 3 is 2.74 bits per heavy atom. The second kappa shape index (κ2) is 5.02. The molecule has 1 amide bonds. The molecule has 0 bridgehead atoms. The largest absolute Gasteiger partial charge is 0.337 e. The fourth-order valence-corrected chi connectivity index (χ4v) is 4.21. The summed E-state index contributed by atoms with van der Waals surface area (Å²) in [5.74, 6) is -2.65. The second-order valence-corrected chi connectivity index (χ2v) is 7.54. The van der Waals surface area contributed by atoms with E-state index in [1.54, 1.807) is 30.2 Å². The summed E-state index contributed by atoms with van der Waals surface area (Å²) in [5.41, 5.74) is 0.558. The SMILES string of the molecule is Cc1c(C(=O)N2CC3(C2)CC(F)(F)C3)cnn1-c1nn2cccc2c(=O)[nH]1. The van der Waals surface area contributed by atoms with Crippen LogP contribution in [-0.4, -0.2) is 54.2 Å². The van der Waals surface area contributed by atoms with E-state index in [2.05, 4.69) is 15.2 Å². The van der Waals surface area contributed by atoms with Crippen LogP contribution in [0.25, 0.3) is 11.5 Å². The molecule has 2 aliphatic rings. The van der Waals surface area contributed by atoms with E-state index in [-0.39, 0.29) is 30.3 Å². The van der Waals surface area contributed by atoms with E-state index in [0.717, 1.165) is 0 Å². The standard InChI is InChI=1S/C17H16F2N6O2/c1-10-11(14(27)23-8-16(9-23)6-17(18,19)7-16)5-20-25(10)15-21-13(26)12-3-2-4-24(12)22-15/h2-5H,6-9H2,1H3,(H,21,22,26). The first-order valence-corrected chi connectivity index (χ1v) is 8.57. The number of hydrogen-bond acceptors (Lipinski definition) is 4. The van der Waals surface area contributed by atoms with Crippen molar-refractivity contribution < 1.29 is 13.6 Å². The number of carbonyl (C=O) groups excluding carboxylic acids is 1. The van der Waals surface area contributed by atoms with Crippen molar-refractivity contribution in [1.29, 1.82) is 0 Å². The number of aromatic nitrogens is 5. The third-order valence-electron chi connectivity index (χ3n) is 5.44. The van der Waals surface area contributed by atoms with Gasteiger partial charge in [0, 0.05) is 37.5 Å². The molecule has 1 aliphatic carbocycles. The predicted octanol–water partition coefficient (Wildman–Crippen LogP) is 1.39. The van der Waals surface area contributed by atoms with Gasteiger partial charge < -0.3 is 4.90 Å². The number of nitrogens with zero attached hydrogens (tertiary/aromatic N) is 5. The highest BCUT2D eigenvalue weighted by Gasteiger charge is 2.62. The number of nitrogens with one attached hydrogen (secondary N) is 1. The Hall–Kier alpha value is -3.04. The van der Waals surface area contributed by atoms with Gasteiger partial charge in [-0.05, 0) is 19.1 Å². The average Bonchev–Trinajstić information content (AvgIpc) is 3.16. The number of carbonyl (C=O) groups is 1. The van der Waals surface area contributed by atoms with E-state index in [1.165, 1.54) is 15.4 Å². The van der Waals surface area contributed by atoms with Gasteiger partial charge in [0.25, 0.3) is 11.5 Å². The van der Waals surface area contributed by atoms with Gasteiger partial charge in [-0.15, -0.1) is 5.10 Å². The molecule has 8 nitrogen and oxygen atoms in total. The molecule has 140 valence electrons. The minimum atomic E-state index is -2.59. The van der Waals surface area contributed by atoms with Crippen molar-refractivity contribution in [3.8, 4) is 5.95 Å². The van der Waals surface area contributed by atoms with Crippen molar-refractivity contribution in [2.75, 3.05) is 13.1 Å². The van der Waals surface area contributed by atoms with Crippen molar-refractivity contribution in [3.63, 3.8) is 0 Å². The smallest absolute Gasteiger partial charge is 0.276 e. The Morgan fingerprint density at radius 1 is 1.30 bits per heavy atom. The van der Waals surface area contributed by atoms with Crippen molar-refractivity contribution >= 4 is 11.4 Å². The average molecular weight is 374 g/mol. The van der Waals surface area contributed by atoms with E-state index in [0.29, 0.717) is 29.9 Å². The van der Waals surface area contributed by atoms with Gasteiger partial charge in [-0.25, -0.2) is 18.0 Å². The van der Waals surface area contributed by atoms with Gasteiger partial charge in [-0.2, -0.15) is 5.10 Å². The molecule has 4 heterocycles. The molecule has 10 heteroatoms. The van der Waals surface area contributed by atoms with Gasteiger partial charge in [0.15, 0.2) is 0 Å². The molecule has 1 saturated carbocycles. The topological polar surface area (TPSA) is 88.3 Å². The molecule has 3 aromatic rings. The maximum atomic E-state index is 13.1. The summed E-state index contributed by atoms with van der Waals surface area (Å²) in [6.07, 6.45) is 2.76. The van der Waals surface area contributed by atoms with Crippen molar-refractivity contribution in [2.45, 2.75) is 25.7 Å². The molecule has 1 N–H and O–H groups in total. The zero-order chi connectivity index (χ0) is 19.0. The van der Waals surface area contributed by atoms with Crippen molar-refractivity contribution in [1.82, 2.24) is 29.3 Å². The quantitative estimate of drug-likeness (QED) is 0.734. The highest BCUT2D eigenvalue weighted by molar-refractivity contribution is 5.95. The lowest BCUT2D eigenvalue weighted by Crippen LogP contribution is -2.66. The van der Waals surface area contributed by atoms with E-state index < -0.39 is 11.3 Å². The van der Waals surface area contributed by atoms with Crippen LogP contribution >= 0.6 is 0 Å². The Labute approximate surface area is 151 Å². The summed E-state index contributed by atoms with van der Waals surface area (Å²) < 4.78 is 29.1. The van der Waals surface area contributed by atoms with Gasteiger partial charge in [0.2, 0.25) is 11.9 Å². The molecule has 1 spiro atoms. The molecule has 1 aliphatic heterocycles. The first kappa shape index (κ1) is 16.2. The maximum Gasteiger partial charge on any atom is 0.276 e. The minimum Gasteiger partial charge on any atom is -0.337 e. The van der Waals surface area contributed by atoms with Crippen LogP contribution in [-0.2, 0) is 0 Å². The molecule has 0 atom stereocenters. The number of rotatable bonds is 2. The molecule has 1 saturated heterocycles. The van der Waals surface area contributed by atoms with Crippen LogP contribution in [0.15, 0.2) is 29.3 Å². The summed E-state index contributed by atoms with van der Waals surface area (Å²) in [6.45, 7) is 2.39. The third-order valence-corrected chi connectivity index (χ3v) is 5.44. The van der Waals surface area contributed by atoms with Crippen LogP contribution in [0.2, 0.25) is 0 Å². The molecule has 0 radical (unpaired) electrons. The minimum absolute atomic E-state index is 0.149. The van der Waals surface area contributed by atoms with Crippen LogP contribution in [0.3, 0.4) is 0 Å². The summed E-state index contributed by atoms with van der Waals surface area (Å²) >= 11 is 0. The number of fused-ring (bicyclic) bond motifs is 1. The van der Waals surface area contributed by atoms with Crippen LogP contribution in [0, 0.1) is 12.3 Å². The highest BCUT2D eigenvalue weighted by atomic mass is 19.3. The van der Waals surface area contributed by atoms with E-state index >= 15 is 0 Å². The molecule has 0 unspecified atom stereocenters. The number of aromatic amines is 1. The van der Waals surface area contributed by atoms with E-state index in [1.807, 2.05) is 0 Å². The zero-order valence-corrected chi connectivity index (χ0v) is 14.4. The lowest BCUT2D eigenvalue weighted by Gasteiger charge is -2.58. The third kappa shape index (κ3) is 2.32. The van der Waals surface area contributed by atoms with Gasteiger partial charge in [0.1, 0.15) is 5.52 Å². The number of likely N-dealkylation sites (tertiary alicyclic amines) is 1. The molecular weight excluding hydrogens is 358 g/mol. The first-order valence-electron chi connectivity index (χ1n) is 8.57. The second-order valence-electron chi connectivity index (χ2n) is 7.54. The van der Waals surface area contributed by atoms with E-state index in [9.17, 15) is 18.4 Å². The Morgan fingerprint density at radius 2 is 2.04 bits per heavy atom. The number of amides is 1. The fraction of sp³-hybridized carbons (Fsp3) is 0.412. The van der Waals surface area contributed by atoms with Crippen molar-refractivity contribution in [2.24, 2.45) is 5.41 Å².